The van der Waals surface area contributed by atoms with Gasteiger partial charge in [0.05, 0.1) is 23.3 Å². The van der Waals surface area contributed by atoms with Gasteiger partial charge in [0.1, 0.15) is 0 Å². The Balaban J connectivity index is 1.64. The first-order valence-corrected chi connectivity index (χ1v) is 11.1. The summed E-state index contributed by atoms with van der Waals surface area (Å²) in [5, 5.41) is 15.5. The van der Waals surface area contributed by atoms with Crippen LogP contribution in [0.25, 0.3) is 0 Å². The number of carbonyl (C=O) groups excluding carboxylic acids is 2. The third-order valence-electron chi connectivity index (χ3n) is 4.67. The zero-order chi connectivity index (χ0) is 26.1. The van der Waals surface area contributed by atoms with Crippen molar-refractivity contribution in [3.8, 4) is 17.2 Å². The lowest BCUT2D eigenvalue weighted by molar-refractivity contribution is -0.386. The van der Waals surface area contributed by atoms with E-state index < -0.39 is 22.9 Å². The van der Waals surface area contributed by atoms with Gasteiger partial charge in [-0.15, -0.1) is 0 Å². The number of rotatable bonds is 10. The Hall–Kier alpha value is -4.44. The zero-order valence-electron chi connectivity index (χ0n) is 19.3. The zero-order valence-corrected chi connectivity index (χ0v) is 20.1. The second-order valence-corrected chi connectivity index (χ2v) is 7.69. The first-order chi connectivity index (χ1) is 17.3. The van der Waals surface area contributed by atoms with Crippen molar-refractivity contribution >= 4 is 35.4 Å². The van der Waals surface area contributed by atoms with Crippen LogP contribution >= 0.6 is 11.6 Å². The summed E-state index contributed by atoms with van der Waals surface area (Å²) >= 11 is 5.85. The highest BCUT2D eigenvalue weighted by atomic mass is 35.5. The molecule has 0 saturated heterocycles. The summed E-state index contributed by atoms with van der Waals surface area (Å²) in [5.41, 5.74) is 2.95. The van der Waals surface area contributed by atoms with Gasteiger partial charge in [0.25, 0.3) is 5.91 Å². The quantitative estimate of drug-likeness (QED) is 0.136. The molecule has 36 heavy (non-hydrogen) atoms. The van der Waals surface area contributed by atoms with E-state index in [2.05, 4.69) is 10.5 Å². The number of hydrogen-bond donors (Lipinski definition) is 1. The lowest BCUT2D eigenvalue weighted by Gasteiger charge is -2.13. The van der Waals surface area contributed by atoms with Gasteiger partial charge < -0.3 is 14.2 Å². The number of hydrazone groups is 1. The average Bonchev–Trinajstić information content (AvgIpc) is 2.86. The van der Waals surface area contributed by atoms with E-state index in [1.807, 2.05) is 0 Å². The third-order valence-corrected chi connectivity index (χ3v) is 4.93. The Kier molecular flexibility index (Phi) is 8.95. The predicted molar refractivity (Wildman–Crippen MR) is 133 cm³/mol. The number of esters is 1. The molecule has 0 saturated carbocycles. The van der Waals surface area contributed by atoms with Gasteiger partial charge in [-0.1, -0.05) is 23.7 Å². The minimum Gasteiger partial charge on any atom is -0.490 e. The fourth-order valence-electron chi connectivity index (χ4n) is 2.92. The predicted octanol–water partition coefficient (Wildman–Crippen LogP) is 4.78. The summed E-state index contributed by atoms with van der Waals surface area (Å²) in [6.45, 7) is 3.55. The number of benzene rings is 3. The Morgan fingerprint density at radius 2 is 1.81 bits per heavy atom. The maximum atomic E-state index is 12.4. The summed E-state index contributed by atoms with van der Waals surface area (Å²) in [6.07, 6.45) is 0.319. The molecule has 0 aliphatic rings. The summed E-state index contributed by atoms with van der Waals surface area (Å²) < 4.78 is 16.4. The van der Waals surface area contributed by atoms with Crippen molar-refractivity contribution in [1.29, 1.82) is 0 Å². The second-order valence-electron chi connectivity index (χ2n) is 7.25. The molecular weight excluding hydrogens is 490 g/mol. The fourth-order valence-corrected chi connectivity index (χ4v) is 3.04. The lowest BCUT2D eigenvalue weighted by Crippen LogP contribution is -2.33. The van der Waals surface area contributed by atoms with Crippen molar-refractivity contribution in [3.05, 3.63) is 93.0 Å². The molecule has 1 unspecified atom stereocenters. The standard InChI is InChI=1S/C25H22ClN3O7/c1-3-34-23-14-17(8-13-22(23)36-25(31)18-9-11-19(26)12-10-18)15-27-28-24(30)16(2)35-21-7-5-4-6-20(21)29(32)33/h4-16H,3H2,1-2H3,(H,28,30). The van der Waals surface area contributed by atoms with Crippen LogP contribution in [0, 0.1) is 10.1 Å². The first-order valence-electron chi connectivity index (χ1n) is 10.8. The van der Waals surface area contributed by atoms with Crippen molar-refractivity contribution in [3.63, 3.8) is 0 Å². The Bertz CT molecular complexity index is 1280. The molecule has 0 heterocycles. The summed E-state index contributed by atoms with van der Waals surface area (Å²) in [7, 11) is 0. The SMILES string of the molecule is CCOc1cc(C=NNC(=O)C(C)Oc2ccccc2[N+](=O)[O-])ccc1OC(=O)c1ccc(Cl)cc1. The smallest absolute Gasteiger partial charge is 0.343 e. The molecule has 3 rings (SSSR count). The van der Waals surface area contributed by atoms with E-state index in [0.29, 0.717) is 28.5 Å². The minimum absolute atomic E-state index is 0.0285. The molecule has 0 spiro atoms. The number of amides is 1. The molecular formula is C25H22ClN3O7. The average molecular weight is 512 g/mol. The van der Waals surface area contributed by atoms with E-state index in [0.717, 1.165) is 0 Å². The normalized spacial score (nSPS) is 11.5. The molecule has 1 amide bonds. The third kappa shape index (κ3) is 7.03. The van der Waals surface area contributed by atoms with Crippen LogP contribution < -0.4 is 19.6 Å². The molecule has 0 aliphatic heterocycles. The summed E-state index contributed by atoms with van der Waals surface area (Å²) in [5.74, 6) is -0.691. The van der Waals surface area contributed by atoms with Crippen molar-refractivity contribution < 1.29 is 28.7 Å². The largest absolute Gasteiger partial charge is 0.490 e. The number of para-hydroxylation sites is 2. The fraction of sp³-hybridized carbons (Fsp3) is 0.160. The van der Waals surface area contributed by atoms with E-state index in [1.54, 1.807) is 55.5 Å². The van der Waals surface area contributed by atoms with Crippen molar-refractivity contribution in [2.75, 3.05) is 6.61 Å². The van der Waals surface area contributed by atoms with Gasteiger partial charge in [-0.05, 0) is 67.9 Å². The molecule has 3 aromatic rings. The number of nitrogens with one attached hydrogen (secondary N) is 1. The van der Waals surface area contributed by atoms with Gasteiger partial charge in [0.15, 0.2) is 23.4 Å². The minimum atomic E-state index is -1.04. The van der Waals surface area contributed by atoms with Gasteiger partial charge in [-0.25, -0.2) is 10.2 Å². The van der Waals surface area contributed by atoms with Crippen LogP contribution in [0.5, 0.6) is 17.2 Å². The molecule has 10 nitrogen and oxygen atoms in total. The number of hydrogen-bond acceptors (Lipinski definition) is 8. The van der Waals surface area contributed by atoms with Crippen LogP contribution in [0.3, 0.4) is 0 Å². The van der Waals surface area contributed by atoms with Crippen LogP contribution in [0.1, 0.15) is 29.8 Å². The molecule has 0 aromatic heterocycles. The van der Waals surface area contributed by atoms with E-state index in [4.69, 9.17) is 25.8 Å². The Labute approximate surface area is 211 Å². The first kappa shape index (κ1) is 26.2. The van der Waals surface area contributed by atoms with Crippen molar-refractivity contribution in [2.24, 2.45) is 5.10 Å². The lowest BCUT2D eigenvalue weighted by atomic mass is 10.2. The summed E-state index contributed by atoms with van der Waals surface area (Å²) in [6, 6.07) is 16.8. The van der Waals surface area contributed by atoms with Crippen LogP contribution in [-0.4, -0.2) is 35.7 Å². The van der Waals surface area contributed by atoms with Gasteiger partial charge in [-0.3, -0.25) is 14.9 Å². The number of nitro benzene ring substituents is 1. The van der Waals surface area contributed by atoms with E-state index in [1.165, 1.54) is 31.3 Å². The summed E-state index contributed by atoms with van der Waals surface area (Å²) in [4.78, 5) is 35.2. The van der Waals surface area contributed by atoms with Gasteiger partial charge in [-0.2, -0.15) is 5.10 Å². The number of nitrogens with zero attached hydrogens (tertiary/aromatic N) is 2. The number of halogens is 1. The van der Waals surface area contributed by atoms with Crippen LogP contribution in [-0.2, 0) is 4.79 Å². The van der Waals surface area contributed by atoms with Gasteiger partial charge >= 0.3 is 11.7 Å². The van der Waals surface area contributed by atoms with Crippen LogP contribution in [0.2, 0.25) is 5.02 Å². The van der Waals surface area contributed by atoms with Crippen molar-refractivity contribution in [1.82, 2.24) is 5.43 Å². The topological polar surface area (TPSA) is 129 Å². The molecule has 0 bridgehead atoms. The van der Waals surface area contributed by atoms with E-state index in [-0.39, 0.29) is 17.2 Å². The van der Waals surface area contributed by atoms with Crippen molar-refractivity contribution in [2.45, 2.75) is 20.0 Å². The Morgan fingerprint density at radius 1 is 1.08 bits per heavy atom. The monoisotopic (exact) mass is 511 g/mol. The maximum Gasteiger partial charge on any atom is 0.343 e. The molecule has 186 valence electrons. The molecule has 0 aliphatic carbocycles. The van der Waals surface area contributed by atoms with Gasteiger partial charge in [0, 0.05) is 11.1 Å². The van der Waals surface area contributed by atoms with Crippen LogP contribution in [0.15, 0.2) is 71.8 Å². The molecule has 0 fully saturated rings. The van der Waals surface area contributed by atoms with E-state index >= 15 is 0 Å². The Morgan fingerprint density at radius 3 is 2.50 bits per heavy atom. The molecule has 1 atom stereocenters. The highest BCUT2D eigenvalue weighted by Gasteiger charge is 2.20. The maximum absolute atomic E-state index is 12.4. The highest BCUT2D eigenvalue weighted by molar-refractivity contribution is 6.30. The van der Waals surface area contributed by atoms with Crippen LogP contribution in [0.4, 0.5) is 5.69 Å². The molecule has 0 radical (unpaired) electrons. The molecule has 11 heteroatoms. The number of carbonyl (C=O) groups is 2. The van der Waals surface area contributed by atoms with E-state index in [9.17, 15) is 19.7 Å². The molecule has 3 aromatic carbocycles. The second kappa shape index (κ2) is 12.3. The number of nitro groups is 1. The van der Waals surface area contributed by atoms with Gasteiger partial charge in [0.2, 0.25) is 0 Å². The molecule has 1 N–H and O–H groups in total. The number of ether oxygens (including phenoxy) is 3. The highest BCUT2D eigenvalue weighted by Crippen LogP contribution is 2.29.